The van der Waals surface area contributed by atoms with Gasteiger partial charge in [-0.25, -0.2) is 18.4 Å². The Balaban J connectivity index is 1.68. The van der Waals surface area contributed by atoms with E-state index in [-0.39, 0.29) is 17.7 Å². The number of nitrogens with zero attached hydrogens (tertiary/aromatic N) is 3. The van der Waals surface area contributed by atoms with Crippen LogP contribution in [0.3, 0.4) is 0 Å². The lowest BCUT2D eigenvalue weighted by Gasteiger charge is -2.17. The Kier molecular flexibility index (Phi) is 5.64. The summed E-state index contributed by atoms with van der Waals surface area (Å²) in [6.07, 6.45) is 1.47. The molecule has 0 aromatic carbocycles. The van der Waals surface area contributed by atoms with Gasteiger partial charge in [0, 0.05) is 31.9 Å². The smallest absolute Gasteiger partial charge is 0.317 e. The average Bonchev–Trinajstić information content (AvgIpc) is 2.99. The number of carbonyl (C=O) groups excluding carboxylic acids is 1. The number of primary sulfonamides is 1. The van der Waals surface area contributed by atoms with Gasteiger partial charge in [0.15, 0.2) is 0 Å². The van der Waals surface area contributed by atoms with E-state index in [9.17, 15) is 13.2 Å². The van der Waals surface area contributed by atoms with Gasteiger partial charge in [-0.3, -0.25) is 4.68 Å². The highest BCUT2D eigenvalue weighted by molar-refractivity contribution is 7.89. The topological polar surface area (TPSA) is 110 Å². The van der Waals surface area contributed by atoms with Crippen LogP contribution in [0.4, 0.5) is 4.79 Å². The molecule has 0 aliphatic carbocycles. The molecule has 1 aliphatic heterocycles. The third-order valence-electron chi connectivity index (χ3n) is 3.97. The normalized spacial score (nSPS) is 18.4. The number of carbonyl (C=O) groups is 1. The number of sulfonamides is 1. The van der Waals surface area contributed by atoms with Crippen molar-refractivity contribution < 1.29 is 13.2 Å². The minimum absolute atomic E-state index is 0.0608. The van der Waals surface area contributed by atoms with Crippen molar-refractivity contribution in [1.29, 1.82) is 0 Å². The number of rotatable bonds is 6. The van der Waals surface area contributed by atoms with E-state index in [0.29, 0.717) is 26.1 Å². The molecule has 2 amide bonds. The number of likely N-dealkylation sites (tertiary alicyclic amines) is 1. The Morgan fingerprint density at radius 2 is 2.22 bits per heavy atom. The molecule has 0 radical (unpaired) electrons. The molecule has 2 rings (SSSR count). The number of urea groups is 1. The Hall–Kier alpha value is -1.61. The molecule has 1 aliphatic rings. The maximum Gasteiger partial charge on any atom is 0.317 e. The van der Waals surface area contributed by atoms with E-state index < -0.39 is 10.0 Å². The van der Waals surface area contributed by atoms with Crippen LogP contribution in [0.5, 0.6) is 0 Å². The second-order valence-electron chi connectivity index (χ2n) is 6.17. The second-order valence-corrected chi connectivity index (χ2v) is 7.83. The van der Waals surface area contributed by atoms with Crippen molar-refractivity contribution >= 4 is 16.1 Å². The third kappa shape index (κ3) is 5.51. The Morgan fingerprint density at radius 1 is 1.48 bits per heavy atom. The van der Waals surface area contributed by atoms with Crippen molar-refractivity contribution in [1.82, 2.24) is 20.0 Å². The molecule has 0 bridgehead atoms. The van der Waals surface area contributed by atoms with Gasteiger partial charge in [-0.15, -0.1) is 0 Å². The van der Waals surface area contributed by atoms with Crippen LogP contribution in [-0.2, 0) is 16.6 Å². The number of nitrogens with one attached hydrogen (secondary N) is 1. The average molecular weight is 343 g/mol. The summed E-state index contributed by atoms with van der Waals surface area (Å²) in [5, 5.41) is 12.3. The van der Waals surface area contributed by atoms with E-state index in [4.69, 9.17) is 5.14 Å². The molecule has 1 saturated heterocycles. The number of nitrogens with two attached hydrogens (primary N) is 1. The number of hydrogen-bond acceptors (Lipinski definition) is 4. The fraction of sp³-hybridized carbons (Fsp3) is 0.714. The first-order chi connectivity index (χ1) is 10.7. The molecule has 0 saturated carbocycles. The van der Waals surface area contributed by atoms with Crippen LogP contribution in [-0.4, -0.2) is 54.5 Å². The maximum atomic E-state index is 12.1. The van der Waals surface area contributed by atoms with E-state index in [2.05, 4.69) is 10.4 Å². The summed E-state index contributed by atoms with van der Waals surface area (Å²) in [5.74, 6) is -0.125. The van der Waals surface area contributed by atoms with Crippen LogP contribution in [0.15, 0.2) is 6.07 Å². The van der Waals surface area contributed by atoms with E-state index in [1.54, 1.807) is 4.90 Å². The lowest BCUT2D eigenvalue weighted by Crippen LogP contribution is -2.39. The molecule has 0 unspecified atom stereocenters. The van der Waals surface area contributed by atoms with Crippen LogP contribution in [0.1, 0.15) is 24.2 Å². The van der Waals surface area contributed by atoms with Gasteiger partial charge >= 0.3 is 6.03 Å². The Morgan fingerprint density at radius 3 is 2.83 bits per heavy atom. The molecule has 0 spiro atoms. The van der Waals surface area contributed by atoms with Crippen molar-refractivity contribution in [2.75, 3.05) is 25.4 Å². The minimum atomic E-state index is -3.48. The zero-order valence-electron chi connectivity index (χ0n) is 13.7. The number of amides is 2. The molecule has 1 fully saturated rings. The number of hydrogen-bond donors (Lipinski definition) is 2. The van der Waals surface area contributed by atoms with E-state index in [0.717, 1.165) is 24.4 Å². The second kappa shape index (κ2) is 7.31. The number of aryl methyl sites for hydroxylation is 3. The van der Waals surface area contributed by atoms with Gasteiger partial charge in [-0.1, -0.05) is 0 Å². The van der Waals surface area contributed by atoms with Gasteiger partial charge in [0.25, 0.3) is 0 Å². The summed E-state index contributed by atoms with van der Waals surface area (Å²) in [4.78, 5) is 13.7. The first-order valence-electron chi connectivity index (χ1n) is 7.79. The van der Waals surface area contributed by atoms with Crippen LogP contribution in [0.25, 0.3) is 0 Å². The minimum Gasteiger partial charge on any atom is -0.338 e. The third-order valence-corrected chi connectivity index (χ3v) is 4.90. The molecule has 2 heterocycles. The van der Waals surface area contributed by atoms with Gasteiger partial charge in [0.1, 0.15) is 0 Å². The van der Waals surface area contributed by atoms with Crippen LogP contribution < -0.4 is 10.5 Å². The van der Waals surface area contributed by atoms with Crippen LogP contribution >= 0.6 is 0 Å². The van der Waals surface area contributed by atoms with Crippen LogP contribution in [0, 0.1) is 19.8 Å². The molecule has 1 aromatic rings. The van der Waals surface area contributed by atoms with Crippen LogP contribution in [0.2, 0.25) is 0 Å². The van der Waals surface area contributed by atoms with Gasteiger partial charge in [0.2, 0.25) is 10.0 Å². The predicted molar refractivity (Wildman–Crippen MR) is 87.4 cm³/mol. The van der Waals surface area contributed by atoms with Gasteiger partial charge < -0.3 is 10.2 Å². The predicted octanol–water partition coefficient (Wildman–Crippen LogP) is 0.210. The summed E-state index contributed by atoms with van der Waals surface area (Å²) in [7, 11) is -3.48. The molecule has 8 nitrogen and oxygen atoms in total. The highest BCUT2D eigenvalue weighted by atomic mass is 32.2. The maximum absolute atomic E-state index is 12.1. The van der Waals surface area contributed by atoms with Gasteiger partial charge in [-0.05, 0) is 38.7 Å². The monoisotopic (exact) mass is 343 g/mol. The largest absolute Gasteiger partial charge is 0.338 e. The summed E-state index contributed by atoms with van der Waals surface area (Å²) in [5.41, 5.74) is 2.10. The van der Waals surface area contributed by atoms with Gasteiger partial charge in [-0.2, -0.15) is 5.10 Å². The molecular weight excluding hydrogens is 318 g/mol. The van der Waals surface area contributed by atoms with Crippen molar-refractivity contribution in [3.8, 4) is 0 Å². The zero-order chi connectivity index (χ0) is 17.0. The first kappa shape index (κ1) is 17.7. The first-order valence-corrected chi connectivity index (χ1v) is 9.50. The molecule has 1 atom stereocenters. The highest BCUT2D eigenvalue weighted by Crippen LogP contribution is 2.17. The Bertz CT molecular complexity index is 655. The molecule has 23 heavy (non-hydrogen) atoms. The quantitative estimate of drug-likeness (QED) is 0.719. The van der Waals surface area contributed by atoms with E-state index >= 15 is 0 Å². The van der Waals surface area contributed by atoms with Crippen molar-refractivity contribution in [2.24, 2.45) is 11.1 Å². The van der Waals surface area contributed by atoms with Gasteiger partial charge in [0.05, 0.1) is 11.4 Å². The summed E-state index contributed by atoms with van der Waals surface area (Å²) in [6, 6.07) is 1.88. The lowest BCUT2D eigenvalue weighted by atomic mass is 10.2. The highest BCUT2D eigenvalue weighted by Gasteiger charge is 2.28. The number of aromatic nitrogens is 2. The van der Waals surface area contributed by atoms with E-state index in [1.807, 2.05) is 24.6 Å². The fourth-order valence-electron chi connectivity index (χ4n) is 2.92. The molecule has 9 heteroatoms. The summed E-state index contributed by atoms with van der Waals surface area (Å²) < 4.78 is 24.1. The lowest BCUT2D eigenvalue weighted by molar-refractivity contribution is 0.207. The fourth-order valence-corrected chi connectivity index (χ4v) is 3.85. The van der Waals surface area contributed by atoms with Crippen molar-refractivity contribution in [3.63, 3.8) is 0 Å². The SMILES string of the molecule is Cc1cc(C)n(CCCNC(=O)N2CC[C@H](CS(N)(=O)=O)C2)n1. The summed E-state index contributed by atoms with van der Waals surface area (Å²) in [6.45, 7) is 6.30. The molecular formula is C14H25N5O3S. The standard InChI is InChI=1S/C14H25N5O3S/c1-11-8-12(2)19(17-11)6-3-5-16-14(20)18-7-4-13(9-18)10-23(15,21)22/h8,13H,3-7,9-10H2,1-2H3,(H,16,20)(H2,15,21,22)/t13-/m0/s1. The van der Waals surface area contributed by atoms with E-state index in [1.165, 1.54) is 0 Å². The molecule has 130 valence electrons. The van der Waals surface area contributed by atoms with Crippen molar-refractivity contribution in [3.05, 3.63) is 17.5 Å². The zero-order valence-corrected chi connectivity index (χ0v) is 14.5. The molecule has 1 aromatic heterocycles. The Labute approximate surface area is 137 Å². The summed E-state index contributed by atoms with van der Waals surface area (Å²) >= 11 is 0. The van der Waals surface area contributed by atoms with Crippen molar-refractivity contribution in [2.45, 2.75) is 33.2 Å². The molecule has 3 N–H and O–H groups in total.